The van der Waals surface area contributed by atoms with E-state index in [4.69, 9.17) is 18.6 Å². The highest BCUT2D eigenvalue weighted by Crippen LogP contribution is 2.39. The molecule has 0 unspecified atom stereocenters. The fraction of sp³-hybridized carbons (Fsp3) is 0.692. The summed E-state index contributed by atoms with van der Waals surface area (Å²) in [6.45, 7) is 25.1. The van der Waals surface area contributed by atoms with Crippen LogP contribution in [-0.2, 0) is 18.6 Å². The molecule has 0 saturated carbocycles. The van der Waals surface area contributed by atoms with E-state index < -0.39 is 0 Å². The summed E-state index contributed by atoms with van der Waals surface area (Å²) in [5.74, 6) is 0. The molecule has 6 nitrogen and oxygen atoms in total. The number of rotatable bonds is 2. The summed E-state index contributed by atoms with van der Waals surface area (Å²) < 4.78 is 24.1. The summed E-state index contributed by atoms with van der Waals surface area (Å²) in [4.78, 5) is 4.06. The Morgan fingerprint density at radius 3 is 0.912 bits per heavy atom. The molecule has 0 amide bonds. The smallest absolute Gasteiger partial charge is 0.384 e. The van der Waals surface area contributed by atoms with Crippen LogP contribution in [-0.4, -0.2) is 46.5 Å². The molecule has 8 heteroatoms. The van der Waals surface area contributed by atoms with Crippen LogP contribution in [0.3, 0.4) is 0 Å². The Kier molecular flexibility index (Phi) is 7.34. The molecule has 2 fully saturated rings. The number of allylic oxidation sites excluding steroid dienone is 4. The maximum Gasteiger partial charge on any atom is 0.598 e. The van der Waals surface area contributed by atoms with Crippen LogP contribution in [0.1, 0.15) is 95.9 Å². The fourth-order valence-corrected chi connectivity index (χ4v) is 4.27. The molecule has 0 atom stereocenters. The van der Waals surface area contributed by atoms with Crippen molar-refractivity contribution < 1.29 is 18.6 Å². The first-order chi connectivity index (χ1) is 15.4. The zero-order valence-electron chi connectivity index (χ0n) is 23.4. The van der Waals surface area contributed by atoms with Gasteiger partial charge in [-0.15, -0.1) is 0 Å². The Bertz CT molecular complexity index is 776. The molecule has 0 aromatic carbocycles. The van der Waals surface area contributed by atoms with Crippen LogP contribution in [0.25, 0.3) is 0 Å². The first-order valence-corrected chi connectivity index (χ1v) is 12.4. The third-order valence-corrected chi connectivity index (χ3v) is 7.56. The van der Waals surface area contributed by atoms with Crippen LogP contribution in [0.5, 0.6) is 0 Å². The molecular formula is C26H44B2N2O4. The predicted molar refractivity (Wildman–Crippen MR) is 140 cm³/mol. The molecule has 4 aliphatic rings. The third kappa shape index (κ3) is 5.67. The fourth-order valence-electron chi connectivity index (χ4n) is 4.27. The lowest BCUT2D eigenvalue weighted by Gasteiger charge is -2.32. The second-order valence-electron chi connectivity index (χ2n) is 12.3. The number of nitrogens with zero attached hydrogens (tertiary/aromatic N) is 2. The Hall–Kier alpha value is -1.47. The average molecular weight is 470 g/mol. The first-order valence-electron chi connectivity index (χ1n) is 12.4. The highest BCUT2D eigenvalue weighted by molar-refractivity contribution is 6.43. The van der Waals surface area contributed by atoms with Crippen molar-refractivity contribution in [3.05, 3.63) is 47.1 Å². The standard InChI is InChI=1S/2C13H22BNO2/c2*1-10-7-11(2)9-15(8-10)14-16-12(3,4)13(5,6)17-14/h2*8-9H,7H2,1-6H3. The molecule has 0 aliphatic carbocycles. The summed E-state index contributed by atoms with van der Waals surface area (Å²) in [5, 5.41) is 0. The molecule has 0 N–H and O–H groups in total. The maximum absolute atomic E-state index is 6.01. The van der Waals surface area contributed by atoms with Crippen LogP contribution >= 0.6 is 0 Å². The van der Waals surface area contributed by atoms with Gasteiger partial charge in [0, 0.05) is 0 Å². The monoisotopic (exact) mass is 470 g/mol. The lowest BCUT2D eigenvalue weighted by Crippen LogP contribution is -2.41. The Balaban J connectivity index is 0.000000191. The highest BCUT2D eigenvalue weighted by Gasteiger charge is 2.54. The first kappa shape index (κ1) is 27.1. The Morgan fingerprint density at radius 1 is 0.500 bits per heavy atom. The van der Waals surface area contributed by atoms with Gasteiger partial charge in [-0.2, -0.15) is 0 Å². The molecule has 2 saturated heterocycles. The third-order valence-electron chi connectivity index (χ3n) is 7.56. The second-order valence-corrected chi connectivity index (χ2v) is 12.3. The molecule has 0 radical (unpaired) electrons. The van der Waals surface area contributed by atoms with Crippen LogP contribution in [0.2, 0.25) is 0 Å². The number of hydrogen-bond acceptors (Lipinski definition) is 6. The molecule has 188 valence electrons. The molecular weight excluding hydrogens is 426 g/mol. The minimum absolute atomic E-state index is 0.279. The van der Waals surface area contributed by atoms with Gasteiger partial charge < -0.3 is 28.2 Å². The van der Waals surface area contributed by atoms with Crippen LogP contribution < -0.4 is 0 Å². The van der Waals surface area contributed by atoms with Gasteiger partial charge in [-0.25, -0.2) is 0 Å². The summed E-state index contributed by atoms with van der Waals surface area (Å²) in [5.41, 5.74) is 4.22. The van der Waals surface area contributed by atoms with Crippen LogP contribution in [0, 0.1) is 0 Å². The van der Waals surface area contributed by atoms with E-state index >= 15 is 0 Å². The maximum atomic E-state index is 6.01. The van der Waals surface area contributed by atoms with Gasteiger partial charge in [-0.05, 0) is 121 Å². The van der Waals surface area contributed by atoms with Gasteiger partial charge >= 0.3 is 14.5 Å². The molecule has 4 aliphatic heterocycles. The summed E-state index contributed by atoms with van der Waals surface area (Å²) in [6.07, 6.45) is 10.5. The van der Waals surface area contributed by atoms with Crippen molar-refractivity contribution in [1.82, 2.24) is 9.62 Å². The summed E-state index contributed by atoms with van der Waals surface area (Å²) in [6, 6.07) is 0. The normalized spacial score (nSPS) is 26.9. The minimum atomic E-state index is -0.315. The van der Waals surface area contributed by atoms with Gasteiger partial charge in [-0.3, -0.25) is 0 Å². The van der Waals surface area contributed by atoms with Gasteiger partial charge in [0.05, 0.1) is 22.4 Å². The predicted octanol–water partition coefficient (Wildman–Crippen LogP) is 6.18. The van der Waals surface area contributed by atoms with E-state index in [1.54, 1.807) is 0 Å². The minimum Gasteiger partial charge on any atom is -0.384 e. The van der Waals surface area contributed by atoms with Crippen LogP contribution in [0.4, 0.5) is 0 Å². The topological polar surface area (TPSA) is 43.4 Å². The number of hydrogen-bond donors (Lipinski definition) is 0. The Morgan fingerprint density at radius 2 is 0.706 bits per heavy atom. The highest BCUT2D eigenvalue weighted by atomic mass is 16.7. The zero-order valence-corrected chi connectivity index (χ0v) is 23.4. The lowest BCUT2D eigenvalue weighted by atomic mass is 9.90. The molecule has 0 aromatic heterocycles. The van der Waals surface area contributed by atoms with E-state index in [0.29, 0.717) is 0 Å². The SMILES string of the molecule is CC1=CN(B2OC(C)(C)C(C)(C)O2)C=C(C)C1.CC1=CN(B2OC(C)(C)C(C)(C)O2)C=C(C)C1. The lowest BCUT2D eigenvalue weighted by molar-refractivity contribution is 0.00578. The van der Waals surface area contributed by atoms with Crippen molar-refractivity contribution in [3.8, 4) is 0 Å². The van der Waals surface area contributed by atoms with E-state index in [1.165, 1.54) is 22.3 Å². The van der Waals surface area contributed by atoms with Gasteiger partial charge in [0.1, 0.15) is 0 Å². The van der Waals surface area contributed by atoms with Gasteiger partial charge in [0.25, 0.3) is 0 Å². The van der Waals surface area contributed by atoms with Gasteiger partial charge in [0.2, 0.25) is 0 Å². The average Bonchev–Trinajstić information content (AvgIpc) is 3.00. The van der Waals surface area contributed by atoms with Crippen molar-refractivity contribution in [2.45, 2.75) is 118 Å². The van der Waals surface area contributed by atoms with E-state index in [-0.39, 0.29) is 36.9 Å². The quantitative estimate of drug-likeness (QED) is 0.450. The molecule has 0 spiro atoms. The molecule has 0 bridgehead atoms. The largest absolute Gasteiger partial charge is 0.598 e. The second kappa shape index (κ2) is 9.20. The van der Waals surface area contributed by atoms with Crippen molar-refractivity contribution in [2.75, 3.05) is 0 Å². The van der Waals surface area contributed by atoms with E-state index in [2.05, 4.69) is 108 Å². The zero-order chi connectivity index (χ0) is 25.7. The van der Waals surface area contributed by atoms with Gasteiger partial charge in [-0.1, -0.05) is 22.3 Å². The summed E-state index contributed by atoms with van der Waals surface area (Å²) >= 11 is 0. The van der Waals surface area contributed by atoms with Crippen molar-refractivity contribution in [2.24, 2.45) is 0 Å². The van der Waals surface area contributed by atoms with E-state index in [0.717, 1.165) is 12.8 Å². The van der Waals surface area contributed by atoms with Crippen molar-refractivity contribution >= 4 is 14.5 Å². The van der Waals surface area contributed by atoms with Crippen LogP contribution in [0.15, 0.2) is 47.1 Å². The molecule has 34 heavy (non-hydrogen) atoms. The molecule has 4 heterocycles. The van der Waals surface area contributed by atoms with Crippen molar-refractivity contribution in [3.63, 3.8) is 0 Å². The van der Waals surface area contributed by atoms with Crippen molar-refractivity contribution in [1.29, 1.82) is 0 Å². The molecule has 0 aromatic rings. The van der Waals surface area contributed by atoms with E-state index in [9.17, 15) is 0 Å². The Labute approximate surface area is 208 Å². The molecule has 4 rings (SSSR count). The van der Waals surface area contributed by atoms with Gasteiger partial charge in [0.15, 0.2) is 0 Å². The van der Waals surface area contributed by atoms with E-state index in [1.807, 2.05) is 9.62 Å². The summed E-state index contributed by atoms with van der Waals surface area (Å²) in [7, 11) is -0.629.